The van der Waals surface area contributed by atoms with Crippen LogP contribution < -0.4 is 10.1 Å². The average molecular weight is 465 g/mol. The number of ether oxygens (including phenoxy) is 1. The number of rotatable bonds is 7. The molecule has 156 valence electrons. The molecule has 2 aromatic carbocycles. The molecular weight excluding hydrogens is 445 g/mol. The maximum Gasteiger partial charge on any atom is 0.257 e. The molecule has 0 spiro atoms. The van der Waals surface area contributed by atoms with Crippen molar-refractivity contribution in [3.8, 4) is 11.6 Å². The normalized spacial score (nSPS) is 11.8. The molecule has 0 aliphatic heterocycles. The molecule has 8 heteroatoms. The molecule has 0 saturated carbocycles. The highest BCUT2D eigenvalue weighted by molar-refractivity contribution is 6.31. The number of benzene rings is 2. The Morgan fingerprint density at radius 3 is 2.60 bits per heavy atom. The van der Waals surface area contributed by atoms with Crippen LogP contribution in [0, 0.1) is 13.8 Å². The lowest BCUT2D eigenvalue weighted by atomic mass is 10.0. The van der Waals surface area contributed by atoms with Crippen LogP contribution in [0.5, 0.6) is 11.6 Å². The summed E-state index contributed by atoms with van der Waals surface area (Å²) >= 11 is 18.5. The SMILES string of the molecule is Cc1ccc(CC(CCl)NC(=O)c2cc(C)nnc2Oc2cccc(Cl)c2)c(Cl)c1. The van der Waals surface area contributed by atoms with Crippen LogP contribution in [0.25, 0.3) is 0 Å². The second kappa shape index (κ2) is 10.1. The molecular formula is C22H20Cl3N3O2. The molecule has 3 rings (SSSR count). The van der Waals surface area contributed by atoms with E-state index in [0.29, 0.717) is 27.9 Å². The van der Waals surface area contributed by atoms with E-state index >= 15 is 0 Å². The predicted molar refractivity (Wildman–Crippen MR) is 120 cm³/mol. The molecule has 3 aromatic rings. The Bertz CT molecular complexity index is 1060. The highest BCUT2D eigenvalue weighted by Gasteiger charge is 2.20. The number of hydrogen-bond donors (Lipinski definition) is 1. The first-order valence-electron chi connectivity index (χ1n) is 9.25. The minimum atomic E-state index is -0.362. The van der Waals surface area contributed by atoms with E-state index in [1.807, 2.05) is 25.1 Å². The van der Waals surface area contributed by atoms with Gasteiger partial charge in [0.15, 0.2) is 0 Å². The summed E-state index contributed by atoms with van der Waals surface area (Å²) in [5.41, 5.74) is 2.82. The van der Waals surface area contributed by atoms with E-state index in [1.165, 1.54) is 0 Å². The number of hydrogen-bond acceptors (Lipinski definition) is 4. The molecule has 1 unspecified atom stereocenters. The smallest absolute Gasteiger partial charge is 0.257 e. The van der Waals surface area contributed by atoms with Gasteiger partial charge in [-0.15, -0.1) is 16.7 Å². The number of carbonyl (C=O) groups is 1. The summed E-state index contributed by atoms with van der Waals surface area (Å²) < 4.78 is 5.76. The topological polar surface area (TPSA) is 64.1 Å². The first-order valence-corrected chi connectivity index (χ1v) is 10.5. The molecule has 0 aliphatic carbocycles. The predicted octanol–water partition coefficient (Wildman–Crippen LogP) is 5.77. The lowest BCUT2D eigenvalue weighted by Gasteiger charge is -2.18. The third-order valence-electron chi connectivity index (χ3n) is 4.33. The van der Waals surface area contributed by atoms with Crippen molar-refractivity contribution in [1.29, 1.82) is 0 Å². The molecule has 0 aliphatic rings. The fourth-order valence-corrected chi connectivity index (χ4v) is 3.53. The number of nitrogens with zero attached hydrogens (tertiary/aromatic N) is 2. The molecule has 0 fully saturated rings. The number of carbonyl (C=O) groups excluding carboxylic acids is 1. The average Bonchev–Trinajstić information content (AvgIpc) is 2.70. The summed E-state index contributed by atoms with van der Waals surface area (Å²) in [6.45, 7) is 3.72. The van der Waals surface area contributed by atoms with Crippen LogP contribution in [0.3, 0.4) is 0 Å². The number of aromatic nitrogens is 2. The van der Waals surface area contributed by atoms with Crippen LogP contribution in [-0.4, -0.2) is 28.0 Å². The van der Waals surface area contributed by atoms with Crippen LogP contribution in [0.2, 0.25) is 10.0 Å². The molecule has 0 bridgehead atoms. The quantitative estimate of drug-likeness (QED) is 0.451. The maximum absolute atomic E-state index is 13.0. The van der Waals surface area contributed by atoms with Gasteiger partial charge in [0, 0.05) is 22.0 Å². The van der Waals surface area contributed by atoms with Crippen molar-refractivity contribution >= 4 is 40.7 Å². The van der Waals surface area contributed by atoms with Gasteiger partial charge in [-0.05, 0) is 61.7 Å². The molecule has 5 nitrogen and oxygen atoms in total. The minimum absolute atomic E-state index is 0.0852. The van der Waals surface area contributed by atoms with Gasteiger partial charge in [0.05, 0.1) is 5.69 Å². The Hall–Kier alpha value is -2.34. The van der Waals surface area contributed by atoms with Crippen LogP contribution in [0.1, 0.15) is 27.2 Å². The Morgan fingerprint density at radius 2 is 1.90 bits per heavy atom. The second-order valence-electron chi connectivity index (χ2n) is 6.89. The lowest BCUT2D eigenvalue weighted by molar-refractivity contribution is 0.0937. The van der Waals surface area contributed by atoms with Crippen molar-refractivity contribution in [2.45, 2.75) is 26.3 Å². The second-order valence-corrected chi connectivity index (χ2v) is 8.04. The minimum Gasteiger partial charge on any atom is -0.437 e. The van der Waals surface area contributed by atoms with Crippen molar-refractivity contribution in [3.63, 3.8) is 0 Å². The highest BCUT2D eigenvalue weighted by Crippen LogP contribution is 2.26. The van der Waals surface area contributed by atoms with E-state index in [0.717, 1.165) is 11.1 Å². The molecule has 1 N–H and O–H groups in total. The zero-order valence-corrected chi connectivity index (χ0v) is 18.7. The third-order valence-corrected chi connectivity index (χ3v) is 5.29. The van der Waals surface area contributed by atoms with E-state index < -0.39 is 0 Å². The molecule has 30 heavy (non-hydrogen) atoms. The van der Waals surface area contributed by atoms with E-state index in [2.05, 4.69) is 15.5 Å². The van der Waals surface area contributed by atoms with Gasteiger partial charge >= 0.3 is 0 Å². The number of halogens is 3. The van der Waals surface area contributed by atoms with E-state index in [9.17, 15) is 4.79 Å². The largest absolute Gasteiger partial charge is 0.437 e. The molecule has 1 aromatic heterocycles. The summed E-state index contributed by atoms with van der Waals surface area (Å²) in [5.74, 6) is 0.397. The Balaban J connectivity index is 1.80. The zero-order chi connectivity index (χ0) is 21.7. The van der Waals surface area contributed by atoms with Gasteiger partial charge < -0.3 is 10.1 Å². The number of amides is 1. The lowest BCUT2D eigenvalue weighted by Crippen LogP contribution is -2.38. The Labute approximate surface area is 190 Å². The Morgan fingerprint density at radius 1 is 1.10 bits per heavy atom. The fourth-order valence-electron chi connectivity index (χ4n) is 2.85. The molecule has 1 amide bonds. The van der Waals surface area contributed by atoms with Crippen molar-refractivity contribution in [2.24, 2.45) is 0 Å². The zero-order valence-electron chi connectivity index (χ0n) is 16.5. The van der Waals surface area contributed by atoms with Gasteiger partial charge in [0.2, 0.25) is 0 Å². The molecule has 0 radical (unpaired) electrons. The first-order chi connectivity index (χ1) is 14.4. The molecule has 0 saturated heterocycles. The van der Waals surface area contributed by atoms with Crippen molar-refractivity contribution in [2.75, 3.05) is 5.88 Å². The summed E-state index contributed by atoms with van der Waals surface area (Å²) in [6, 6.07) is 13.9. The summed E-state index contributed by atoms with van der Waals surface area (Å²) in [4.78, 5) is 13.0. The number of nitrogens with one attached hydrogen (secondary N) is 1. The highest BCUT2D eigenvalue weighted by atomic mass is 35.5. The summed E-state index contributed by atoms with van der Waals surface area (Å²) in [7, 11) is 0. The fraction of sp³-hybridized carbons (Fsp3) is 0.227. The van der Waals surface area contributed by atoms with Crippen LogP contribution >= 0.6 is 34.8 Å². The van der Waals surface area contributed by atoms with Crippen molar-refractivity contribution in [3.05, 3.63) is 81.0 Å². The van der Waals surface area contributed by atoms with E-state index in [-0.39, 0.29) is 29.3 Å². The molecule has 1 heterocycles. The maximum atomic E-state index is 13.0. The van der Waals surface area contributed by atoms with Crippen LogP contribution in [0.4, 0.5) is 0 Å². The van der Waals surface area contributed by atoms with E-state index in [1.54, 1.807) is 37.3 Å². The van der Waals surface area contributed by atoms with Gasteiger partial charge in [-0.2, -0.15) is 5.10 Å². The van der Waals surface area contributed by atoms with Crippen LogP contribution in [-0.2, 0) is 6.42 Å². The van der Waals surface area contributed by atoms with Crippen LogP contribution in [0.15, 0.2) is 48.5 Å². The van der Waals surface area contributed by atoms with Gasteiger partial charge in [-0.3, -0.25) is 4.79 Å². The number of aryl methyl sites for hydroxylation is 2. The van der Waals surface area contributed by atoms with Gasteiger partial charge in [0.1, 0.15) is 11.3 Å². The number of alkyl halides is 1. The standard InChI is InChI=1S/C22H20Cl3N3O2/c1-13-6-7-15(20(25)8-13)10-17(12-23)26-21(29)19-9-14(2)27-28-22(19)30-18-5-3-4-16(24)11-18/h3-9,11,17H,10,12H2,1-2H3,(H,26,29). The summed E-state index contributed by atoms with van der Waals surface area (Å²) in [6.07, 6.45) is 0.496. The van der Waals surface area contributed by atoms with Gasteiger partial charge in [-0.25, -0.2) is 0 Å². The molecule has 1 atom stereocenters. The summed E-state index contributed by atoms with van der Waals surface area (Å²) in [5, 5.41) is 12.1. The van der Waals surface area contributed by atoms with Gasteiger partial charge in [0.25, 0.3) is 11.8 Å². The third kappa shape index (κ3) is 5.85. The monoisotopic (exact) mass is 463 g/mol. The van der Waals surface area contributed by atoms with Crippen molar-refractivity contribution < 1.29 is 9.53 Å². The first kappa shape index (κ1) is 22.3. The van der Waals surface area contributed by atoms with E-state index in [4.69, 9.17) is 39.5 Å². The van der Waals surface area contributed by atoms with Gasteiger partial charge in [-0.1, -0.05) is 41.4 Å². The Kier molecular flexibility index (Phi) is 7.53. The van der Waals surface area contributed by atoms with Crippen molar-refractivity contribution in [1.82, 2.24) is 15.5 Å².